The van der Waals surface area contributed by atoms with Crippen molar-refractivity contribution in [1.82, 2.24) is 0 Å². The molecule has 0 amide bonds. The van der Waals surface area contributed by atoms with Gasteiger partial charge in [0.1, 0.15) is 0 Å². The highest BCUT2D eigenvalue weighted by molar-refractivity contribution is 7.87. The van der Waals surface area contributed by atoms with Gasteiger partial charge in [-0.3, -0.25) is 4.79 Å². The molecular weight excluding hydrogens is 327 g/mol. The van der Waals surface area contributed by atoms with Gasteiger partial charge in [0.25, 0.3) is 0 Å². The molecule has 3 heteroatoms. The Morgan fingerprint density at radius 1 is 0.920 bits per heavy atom. The van der Waals surface area contributed by atoms with Crippen molar-refractivity contribution in [2.24, 2.45) is 0 Å². The highest BCUT2D eigenvalue weighted by Crippen LogP contribution is 2.49. The van der Waals surface area contributed by atoms with Crippen molar-refractivity contribution in [3.8, 4) is 0 Å². The molecular formula is C22H29O2P. The van der Waals surface area contributed by atoms with E-state index in [1.165, 1.54) is 0 Å². The standard InChI is InChI=1S/C22H29O2P/c1-5-6-7-11-14-25(24,20-12-9-8-10-13-20)22(23)21-18(3)15-17(2)16-19(21)4/h8-10,12-13,15-16H,5-7,11,14H2,1-4H3. The Kier molecular flexibility index (Phi) is 6.79. The SMILES string of the molecule is CCCCCCP(=O)(C(=O)c1c(C)cc(C)cc1C)c1ccccc1. The summed E-state index contributed by atoms with van der Waals surface area (Å²) < 4.78 is 13.9. The highest BCUT2D eigenvalue weighted by Gasteiger charge is 2.35. The summed E-state index contributed by atoms with van der Waals surface area (Å²) in [5.41, 5.74) is 3.45. The van der Waals surface area contributed by atoms with Crippen molar-refractivity contribution in [2.45, 2.75) is 53.4 Å². The molecule has 0 bridgehead atoms. The predicted octanol–water partition coefficient (Wildman–Crippen LogP) is 6.02. The lowest BCUT2D eigenvalue weighted by Crippen LogP contribution is -2.18. The van der Waals surface area contributed by atoms with Crippen LogP contribution in [0.1, 0.15) is 59.7 Å². The van der Waals surface area contributed by atoms with Gasteiger partial charge in [-0.25, -0.2) is 0 Å². The van der Waals surface area contributed by atoms with Crippen LogP contribution in [-0.2, 0) is 4.57 Å². The number of aryl methyl sites for hydroxylation is 3. The molecule has 0 N–H and O–H groups in total. The van der Waals surface area contributed by atoms with Gasteiger partial charge in [0.15, 0.2) is 7.14 Å². The molecule has 0 aliphatic rings. The molecule has 0 saturated carbocycles. The van der Waals surface area contributed by atoms with Gasteiger partial charge in [0.2, 0.25) is 5.52 Å². The zero-order chi connectivity index (χ0) is 18.4. The second-order valence-electron chi connectivity index (χ2n) is 6.94. The average molecular weight is 356 g/mol. The smallest absolute Gasteiger partial charge is 0.226 e. The van der Waals surface area contributed by atoms with E-state index in [9.17, 15) is 9.36 Å². The molecule has 134 valence electrons. The monoisotopic (exact) mass is 356 g/mol. The van der Waals surface area contributed by atoms with Crippen LogP contribution in [-0.4, -0.2) is 11.7 Å². The Bertz CT molecular complexity index is 755. The molecule has 2 aromatic rings. The van der Waals surface area contributed by atoms with Crippen molar-refractivity contribution in [1.29, 1.82) is 0 Å². The number of hydrogen-bond acceptors (Lipinski definition) is 2. The molecule has 0 heterocycles. The second-order valence-corrected chi connectivity index (χ2v) is 9.79. The summed E-state index contributed by atoms with van der Waals surface area (Å²) in [7, 11) is -3.13. The molecule has 25 heavy (non-hydrogen) atoms. The second kappa shape index (κ2) is 8.63. The van der Waals surface area contributed by atoms with Gasteiger partial charge in [-0.15, -0.1) is 0 Å². The molecule has 2 rings (SSSR count). The third-order valence-corrected chi connectivity index (χ3v) is 7.68. The highest BCUT2D eigenvalue weighted by atomic mass is 31.2. The van der Waals surface area contributed by atoms with Crippen LogP contribution in [0.4, 0.5) is 0 Å². The van der Waals surface area contributed by atoms with Crippen LogP contribution in [0.25, 0.3) is 0 Å². The zero-order valence-electron chi connectivity index (χ0n) is 15.8. The van der Waals surface area contributed by atoms with E-state index in [0.29, 0.717) is 17.0 Å². The topological polar surface area (TPSA) is 34.1 Å². The first-order valence-electron chi connectivity index (χ1n) is 9.17. The van der Waals surface area contributed by atoms with Crippen molar-refractivity contribution in [2.75, 3.05) is 6.16 Å². The number of hydrogen-bond donors (Lipinski definition) is 0. The van der Waals surface area contributed by atoms with Crippen LogP contribution in [0.3, 0.4) is 0 Å². The minimum Gasteiger partial charge on any atom is -0.310 e. The van der Waals surface area contributed by atoms with Crippen LogP contribution < -0.4 is 5.30 Å². The maximum atomic E-state index is 13.9. The molecule has 0 spiro atoms. The first-order valence-corrected chi connectivity index (χ1v) is 11.1. The third-order valence-electron chi connectivity index (χ3n) is 4.72. The van der Waals surface area contributed by atoms with Gasteiger partial charge in [0.05, 0.1) is 0 Å². The Hall–Kier alpha value is -1.66. The summed E-state index contributed by atoms with van der Waals surface area (Å²) >= 11 is 0. The Balaban J connectivity index is 2.45. The van der Waals surface area contributed by atoms with Crippen molar-refractivity contribution >= 4 is 18.0 Å². The lowest BCUT2D eigenvalue weighted by Gasteiger charge is -2.20. The van der Waals surface area contributed by atoms with E-state index in [4.69, 9.17) is 0 Å². The third kappa shape index (κ3) is 4.50. The zero-order valence-corrected chi connectivity index (χ0v) is 16.7. The van der Waals surface area contributed by atoms with Gasteiger partial charge in [-0.2, -0.15) is 0 Å². The molecule has 2 nitrogen and oxygen atoms in total. The maximum absolute atomic E-state index is 13.9. The largest absolute Gasteiger partial charge is 0.310 e. The number of unbranched alkanes of at least 4 members (excludes halogenated alkanes) is 3. The maximum Gasteiger partial charge on any atom is 0.226 e. The molecule has 0 aliphatic heterocycles. The van der Waals surface area contributed by atoms with Gasteiger partial charge in [-0.1, -0.05) is 74.2 Å². The molecule has 0 aliphatic carbocycles. The fraction of sp³-hybridized carbons (Fsp3) is 0.409. The molecule has 1 unspecified atom stereocenters. The van der Waals surface area contributed by atoms with Gasteiger partial charge >= 0.3 is 0 Å². The summed E-state index contributed by atoms with van der Waals surface area (Å²) in [5.74, 6) is 0. The number of carbonyl (C=O) groups excluding carboxylic acids is 1. The Morgan fingerprint density at radius 2 is 1.52 bits per heavy atom. The van der Waals surface area contributed by atoms with Gasteiger partial charge in [-0.05, 0) is 38.3 Å². The van der Waals surface area contributed by atoms with E-state index >= 15 is 0 Å². The summed E-state index contributed by atoms with van der Waals surface area (Å²) in [4.78, 5) is 13.4. The molecule has 0 fully saturated rings. The fourth-order valence-electron chi connectivity index (χ4n) is 3.48. The van der Waals surface area contributed by atoms with E-state index in [1.54, 1.807) is 0 Å². The van der Waals surface area contributed by atoms with E-state index in [1.807, 2.05) is 63.2 Å². The average Bonchev–Trinajstić information content (AvgIpc) is 2.58. The first kappa shape index (κ1) is 19.7. The van der Waals surface area contributed by atoms with Crippen LogP contribution in [0.2, 0.25) is 0 Å². The summed E-state index contributed by atoms with van der Waals surface area (Å²) in [6, 6.07) is 13.3. The quantitative estimate of drug-likeness (QED) is 0.428. The minimum atomic E-state index is -3.13. The van der Waals surface area contributed by atoms with Gasteiger partial charge in [0, 0.05) is 17.0 Å². The van der Waals surface area contributed by atoms with Crippen molar-refractivity contribution < 1.29 is 9.36 Å². The van der Waals surface area contributed by atoms with Crippen LogP contribution in [0.15, 0.2) is 42.5 Å². The lowest BCUT2D eigenvalue weighted by molar-refractivity contribution is 0.107. The molecule has 0 aromatic heterocycles. The van der Waals surface area contributed by atoms with E-state index in [0.717, 1.165) is 42.4 Å². The molecule has 2 aromatic carbocycles. The summed E-state index contributed by atoms with van der Waals surface area (Å²) in [6.45, 7) is 8.07. The van der Waals surface area contributed by atoms with Crippen molar-refractivity contribution in [3.05, 3.63) is 64.7 Å². The van der Waals surface area contributed by atoms with Crippen LogP contribution in [0, 0.1) is 20.8 Å². The van der Waals surface area contributed by atoms with Gasteiger partial charge < -0.3 is 4.57 Å². The fourth-order valence-corrected chi connectivity index (χ4v) is 6.21. The minimum absolute atomic E-state index is 0.176. The molecule has 1 atom stereocenters. The summed E-state index contributed by atoms with van der Waals surface area (Å²) in [5, 5.41) is 0.691. The number of benzene rings is 2. The Labute approximate surface area is 152 Å². The number of rotatable bonds is 8. The van der Waals surface area contributed by atoms with Crippen LogP contribution in [0.5, 0.6) is 0 Å². The van der Waals surface area contributed by atoms with E-state index in [2.05, 4.69) is 6.92 Å². The summed E-state index contributed by atoms with van der Waals surface area (Å²) in [6.07, 6.45) is 4.55. The van der Waals surface area contributed by atoms with Crippen molar-refractivity contribution in [3.63, 3.8) is 0 Å². The molecule has 0 saturated heterocycles. The normalized spacial score (nSPS) is 13.4. The lowest BCUT2D eigenvalue weighted by atomic mass is 10.0. The van der Waals surface area contributed by atoms with E-state index in [-0.39, 0.29) is 5.52 Å². The first-order chi connectivity index (χ1) is 11.9. The predicted molar refractivity (Wildman–Crippen MR) is 108 cm³/mol. The number of carbonyl (C=O) groups is 1. The van der Waals surface area contributed by atoms with E-state index < -0.39 is 7.14 Å². The Morgan fingerprint density at radius 3 is 2.08 bits per heavy atom. The molecule has 0 radical (unpaired) electrons. The van der Waals surface area contributed by atoms with Crippen LogP contribution >= 0.6 is 7.14 Å².